The van der Waals surface area contributed by atoms with E-state index in [4.69, 9.17) is 0 Å². The van der Waals surface area contributed by atoms with E-state index in [9.17, 15) is 0 Å². The van der Waals surface area contributed by atoms with E-state index in [0.717, 1.165) is 15.9 Å². The van der Waals surface area contributed by atoms with E-state index < -0.39 is 0 Å². The standard InChI is InChI=1S/C6H7BrN2.BrH/c1-4-6(7)5(2)9-3-8-4;/h3H,1-2H3;1H. The number of aryl methyl sites for hydroxylation is 2. The lowest BCUT2D eigenvalue weighted by Gasteiger charge is -1.96. The molecule has 0 spiro atoms. The third kappa shape index (κ3) is 2.02. The minimum Gasteiger partial charge on any atom is -0.241 e. The molecular weight excluding hydrogens is 260 g/mol. The summed E-state index contributed by atoms with van der Waals surface area (Å²) in [5, 5.41) is 0. The predicted octanol–water partition coefficient (Wildman–Crippen LogP) is 2.43. The number of nitrogens with zero attached hydrogens (tertiary/aromatic N) is 2. The summed E-state index contributed by atoms with van der Waals surface area (Å²) >= 11 is 3.35. The van der Waals surface area contributed by atoms with Crippen LogP contribution < -0.4 is 0 Å². The maximum Gasteiger partial charge on any atom is 0.115 e. The highest BCUT2D eigenvalue weighted by atomic mass is 79.9. The third-order valence-electron chi connectivity index (χ3n) is 1.14. The number of hydrogen-bond donors (Lipinski definition) is 0. The molecule has 0 amide bonds. The topological polar surface area (TPSA) is 25.8 Å². The van der Waals surface area contributed by atoms with Gasteiger partial charge < -0.3 is 0 Å². The molecule has 0 saturated carbocycles. The van der Waals surface area contributed by atoms with Gasteiger partial charge in [0.25, 0.3) is 0 Å². The Morgan fingerprint density at radius 2 is 1.60 bits per heavy atom. The second kappa shape index (κ2) is 4.03. The van der Waals surface area contributed by atoms with Crippen LogP contribution in [0.1, 0.15) is 11.4 Å². The molecule has 10 heavy (non-hydrogen) atoms. The first-order valence-corrected chi connectivity index (χ1v) is 3.45. The van der Waals surface area contributed by atoms with Crippen molar-refractivity contribution in [3.05, 3.63) is 22.2 Å². The first-order valence-electron chi connectivity index (χ1n) is 2.65. The summed E-state index contributed by atoms with van der Waals surface area (Å²) in [6, 6.07) is 0. The Balaban J connectivity index is 0.000000810. The summed E-state index contributed by atoms with van der Waals surface area (Å²) < 4.78 is 1.00. The highest BCUT2D eigenvalue weighted by Crippen LogP contribution is 2.14. The molecule has 56 valence electrons. The van der Waals surface area contributed by atoms with Gasteiger partial charge in [-0.25, -0.2) is 9.97 Å². The van der Waals surface area contributed by atoms with Gasteiger partial charge in [0.15, 0.2) is 0 Å². The molecule has 4 heteroatoms. The van der Waals surface area contributed by atoms with Crippen molar-refractivity contribution in [3.8, 4) is 0 Å². The summed E-state index contributed by atoms with van der Waals surface area (Å²) in [5.41, 5.74) is 1.98. The molecule has 0 saturated heterocycles. The van der Waals surface area contributed by atoms with Crippen molar-refractivity contribution in [3.63, 3.8) is 0 Å². The molecule has 0 unspecified atom stereocenters. The van der Waals surface area contributed by atoms with Gasteiger partial charge in [-0.3, -0.25) is 0 Å². The molecule has 0 bridgehead atoms. The quantitative estimate of drug-likeness (QED) is 0.722. The van der Waals surface area contributed by atoms with Gasteiger partial charge in [0, 0.05) is 0 Å². The fourth-order valence-corrected chi connectivity index (χ4v) is 0.782. The molecule has 0 fully saturated rings. The zero-order chi connectivity index (χ0) is 6.85. The summed E-state index contributed by atoms with van der Waals surface area (Å²) in [6.45, 7) is 3.89. The van der Waals surface area contributed by atoms with Crippen LogP contribution in [0.5, 0.6) is 0 Å². The van der Waals surface area contributed by atoms with E-state index in [1.807, 2.05) is 13.8 Å². The molecule has 0 aromatic carbocycles. The van der Waals surface area contributed by atoms with Crippen LogP contribution in [-0.2, 0) is 0 Å². The van der Waals surface area contributed by atoms with Gasteiger partial charge in [0.1, 0.15) is 6.33 Å². The van der Waals surface area contributed by atoms with Gasteiger partial charge in [-0.1, -0.05) is 0 Å². The molecule has 0 aliphatic rings. The monoisotopic (exact) mass is 266 g/mol. The summed E-state index contributed by atoms with van der Waals surface area (Å²) in [6.07, 6.45) is 1.56. The predicted molar refractivity (Wildman–Crippen MR) is 49.5 cm³/mol. The minimum absolute atomic E-state index is 0. The van der Waals surface area contributed by atoms with Crippen LogP contribution in [0.3, 0.4) is 0 Å². The smallest absolute Gasteiger partial charge is 0.115 e. The van der Waals surface area contributed by atoms with Gasteiger partial charge in [-0.05, 0) is 29.8 Å². The lowest BCUT2D eigenvalue weighted by molar-refractivity contribution is 1.03. The van der Waals surface area contributed by atoms with Crippen LogP contribution in [0.2, 0.25) is 0 Å². The van der Waals surface area contributed by atoms with Crippen LogP contribution in [0.25, 0.3) is 0 Å². The number of rotatable bonds is 0. The molecular formula is C6H8Br2N2. The van der Waals surface area contributed by atoms with Crippen LogP contribution >= 0.6 is 32.9 Å². The Bertz CT molecular complexity index is 205. The van der Waals surface area contributed by atoms with E-state index in [2.05, 4.69) is 25.9 Å². The van der Waals surface area contributed by atoms with Gasteiger partial charge in [0.2, 0.25) is 0 Å². The maximum absolute atomic E-state index is 3.98. The van der Waals surface area contributed by atoms with E-state index in [1.165, 1.54) is 0 Å². The molecule has 0 aliphatic heterocycles. The Labute approximate surface area is 79.0 Å². The van der Waals surface area contributed by atoms with Crippen LogP contribution in [0.4, 0.5) is 0 Å². The average Bonchev–Trinajstić information content (AvgIpc) is 1.83. The fraction of sp³-hybridized carbons (Fsp3) is 0.333. The van der Waals surface area contributed by atoms with E-state index in [-0.39, 0.29) is 17.0 Å². The summed E-state index contributed by atoms with van der Waals surface area (Å²) in [7, 11) is 0. The Morgan fingerprint density at radius 1 is 1.20 bits per heavy atom. The number of hydrogen-bond acceptors (Lipinski definition) is 2. The summed E-state index contributed by atoms with van der Waals surface area (Å²) in [4.78, 5) is 7.96. The van der Waals surface area contributed by atoms with Crippen molar-refractivity contribution in [2.45, 2.75) is 13.8 Å². The Kier molecular flexibility index (Phi) is 4.05. The van der Waals surface area contributed by atoms with Gasteiger partial charge in [0.05, 0.1) is 15.9 Å². The third-order valence-corrected chi connectivity index (χ3v) is 2.29. The zero-order valence-electron chi connectivity index (χ0n) is 5.76. The molecule has 0 radical (unpaired) electrons. The minimum atomic E-state index is 0. The second-order valence-electron chi connectivity index (χ2n) is 1.86. The lowest BCUT2D eigenvalue weighted by atomic mass is 10.4. The van der Waals surface area contributed by atoms with E-state index in [1.54, 1.807) is 6.33 Å². The fourth-order valence-electron chi connectivity index (χ4n) is 0.577. The largest absolute Gasteiger partial charge is 0.241 e. The first-order chi connectivity index (χ1) is 4.22. The molecule has 1 aromatic rings. The van der Waals surface area contributed by atoms with Crippen LogP contribution in [-0.4, -0.2) is 9.97 Å². The Hall–Kier alpha value is 0.0400. The number of halogens is 2. The normalized spacial score (nSPS) is 8.70. The highest BCUT2D eigenvalue weighted by Gasteiger charge is 1.97. The summed E-state index contributed by atoms with van der Waals surface area (Å²) in [5.74, 6) is 0. The zero-order valence-corrected chi connectivity index (χ0v) is 9.06. The van der Waals surface area contributed by atoms with Crippen molar-refractivity contribution in [1.82, 2.24) is 9.97 Å². The molecule has 2 nitrogen and oxygen atoms in total. The van der Waals surface area contributed by atoms with Crippen molar-refractivity contribution >= 4 is 32.9 Å². The van der Waals surface area contributed by atoms with E-state index in [0.29, 0.717) is 0 Å². The molecule has 1 aromatic heterocycles. The van der Waals surface area contributed by atoms with Crippen molar-refractivity contribution < 1.29 is 0 Å². The van der Waals surface area contributed by atoms with Crippen molar-refractivity contribution in [2.24, 2.45) is 0 Å². The molecule has 1 rings (SSSR count). The maximum atomic E-state index is 3.98. The van der Waals surface area contributed by atoms with Gasteiger partial charge >= 0.3 is 0 Å². The number of aromatic nitrogens is 2. The second-order valence-corrected chi connectivity index (χ2v) is 2.65. The van der Waals surface area contributed by atoms with Gasteiger partial charge in [-0.15, -0.1) is 17.0 Å². The molecule has 1 heterocycles. The molecule has 0 aliphatic carbocycles. The van der Waals surface area contributed by atoms with Crippen molar-refractivity contribution in [1.29, 1.82) is 0 Å². The van der Waals surface area contributed by atoms with Gasteiger partial charge in [-0.2, -0.15) is 0 Å². The SMILES string of the molecule is Br.Cc1ncnc(C)c1Br. The average molecular weight is 268 g/mol. The van der Waals surface area contributed by atoms with E-state index >= 15 is 0 Å². The lowest BCUT2D eigenvalue weighted by Crippen LogP contribution is -1.88. The Morgan fingerprint density at radius 3 is 1.90 bits per heavy atom. The highest BCUT2D eigenvalue weighted by molar-refractivity contribution is 9.10. The first kappa shape index (κ1) is 10.0. The molecule has 0 N–H and O–H groups in total. The van der Waals surface area contributed by atoms with Crippen molar-refractivity contribution in [2.75, 3.05) is 0 Å². The van der Waals surface area contributed by atoms with Crippen LogP contribution in [0.15, 0.2) is 10.8 Å². The van der Waals surface area contributed by atoms with Crippen LogP contribution in [0, 0.1) is 13.8 Å². The molecule has 0 atom stereocenters.